The average Bonchev–Trinajstić information content (AvgIpc) is 3.39. The third kappa shape index (κ3) is 6.24. The summed E-state index contributed by atoms with van der Waals surface area (Å²) in [6.45, 7) is 4.85. The Kier molecular flexibility index (Phi) is 8.24. The van der Waals surface area contributed by atoms with Crippen molar-refractivity contribution >= 4 is 6.09 Å². The quantitative estimate of drug-likeness (QED) is 0.253. The van der Waals surface area contributed by atoms with Crippen molar-refractivity contribution in [2.45, 2.75) is 26.3 Å². The lowest BCUT2D eigenvalue weighted by molar-refractivity contribution is 0.138. The van der Waals surface area contributed by atoms with Gasteiger partial charge in [-0.25, -0.2) is 9.78 Å². The summed E-state index contributed by atoms with van der Waals surface area (Å²) in [6.07, 6.45) is 1.87. The van der Waals surface area contributed by atoms with E-state index in [0.717, 1.165) is 22.6 Å². The molecule has 0 unspecified atom stereocenters. The highest BCUT2D eigenvalue weighted by Crippen LogP contribution is 2.26. The maximum absolute atomic E-state index is 12.9. The second kappa shape index (κ2) is 11.9. The molecule has 186 valence electrons. The fourth-order valence-electron chi connectivity index (χ4n) is 3.82. The first kappa shape index (κ1) is 24.9. The number of rotatable bonds is 10. The fourth-order valence-corrected chi connectivity index (χ4v) is 3.82. The highest BCUT2D eigenvalue weighted by atomic mass is 16.6. The van der Waals surface area contributed by atoms with Crippen molar-refractivity contribution in [3.63, 3.8) is 0 Å². The lowest BCUT2D eigenvalue weighted by Crippen LogP contribution is -2.35. The first-order valence-corrected chi connectivity index (χ1v) is 11.9. The molecule has 0 saturated carbocycles. The second-order valence-electron chi connectivity index (χ2n) is 8.19. The number of hydrogen-bond acceptors (Lipinski definition) is 6. The van der Waals surface area contributed by atoms with E-state index in [-0.39, 0.29) is 6.04 Å². The van der Waals surface area contributed by atoms with Gasteiger partial charge in [-0.15, -0.1) is 0 Å². The van der Waals surface area contributed by atoms with Gasteiger partial charge in [0.15, 0.2) is 0 Å². The molecular formula is C29H30N2O5. The third-order valence-electron chi connectivity index (χ3n) is 5.85. The van der Waals surface area contributed by atoms with Crippen LogP contribution >= 0.6 is 0 Å². The van der Waals surface area contributed by atoms with Crippen LogP contribution in [0.3, 0.4) is 0 Å². The Morgan fingerprint density at radius 3 is 2.44 bits per heavy atom. The molecule has 0 bridgehead atoms. The van der Waals surface area contributed by atoms with Gasteiger partial charge in [0.05, 0.1) is 25.5 Å². The largest absolute Gasteiger partial charge is 0.497 e. The van der Waals surface area contributed by atoms with Gasteiger partial charge in [0, 0.05) is 18.5 Å². The number of hydrogen-bond donors (Lipinski definition) is 0. The molecule has 0 saturated heterocycles. The van der Waals surface area contributed by atoms with E-state index in [1.807, 2.05) is 68.4 Å². The zero-order valence-corrected chi connectivity index (χ0v) is 20.7. The monoisotopic (exact) mass is 486 g/mol. The first-order chi connectivity index (χ1) is 17.6. The Morgan fingerprint density at radius 2 is 1.72 bits per heavy atom. The van der Waals surface area contributed by atoms with Gasteiger partial charge in [-0.1, -0.05) is 30.3 Å². The van der Waals surface area contributed by atoms with E-state index in [0.29, 0.717) is 37.0 Å². The highest BCUT2D eigenvalue weighted by molar-refractivity contribution is 5.71. The van der Waals surface area contributed by atoms with Gasteiger partial charge in [0.1, 0.15) is 23.5 Å². The number of oxazole rings is 1. The van der Waals surface area contributed by atoms with Crippen LogP contribution in [-0.4, -0.2) is 36.2 Å². The van der Waals surface area contributed by atoms with Crippen molar-refractivity contribution in [3.8, 4) is 28.7 Å². The predicted octanol–water partition coefficient (Wildman–Crippen LogP) is 6.55. The number of carbonyl (C=O) groups is 1. The number of carbonyl (C=O) groups excluding carboxylic acids is 1. The Balaban J connectivity index is 1.34. The maximum atomic E-state index is 12.9. The summed E-state index contributed by atoms with van der Waals surface area (Å²) in [4.78, 5) is 19.1. The third-order valence-corrected chi connectivity index (χ3v) is 5.85. The highest BCUT2D eigenvalue weighted by Gasteiger charge is 2.22. The van der Waals surface area contributed by atoms with Crippen LogP contribution in [0.2, 0.25) is 0 Å². The zero-order valence-electron chi connectivity index (χ0n) is 20.7. The van der Waals surface area contributed by atoms with Gasteiger partial charge in [-0.2, -0.15) is 0 Å². The molecule has 1 aromatic heterocycles. The van der Waals surface area contributed by atoms with E-state index in [4.69, 9.17) is 18.6 Å². The van der Waals surface area contributed by atoms with Crippen LogP contribution in [0.5, 0.6) is 17.2 Å². The van der Waals surface area contributed by atoms with Crippen molar-refractivity contribution in [2.75, 3.05) is 20.3 Å². The van der Waals surface area contributed by atoms with Gasteiger partial charge in [-0.3, -0.25) is 0 Å². The minimum absolute atomic E-state index is 0.201. The lowest BCUT2D eigenvalue weighted by Gasteiger charge is -2.27. The molecule has 1 heterocycles. The molecule has 7 nitrogen and oxygen atoms in total. The molecule has 0 N–H and O–H groups in total. The number of methoxy groups -OCH3 is 1. The van der Waals surface area contributed by atoms with Crippen LogP contribution in [0.4, 0.5) is 4.79 Å². The van der Waals surface area contributed by atoms with Crippen molar-refractivity contribution in [1.82, 2.24) is 9.88 Å². The Labute approximate surface area is 211 Å². The molecule has 0 aliphatic rings. The van der Waals surface area contributed by atoms with Gasteiger partial charge in [0.2, 0.25) is 5.89 Å². The number of nitrogens with zero attached hydrogens (tertiary/aromatic N) is 2. The summed E-state index contributed by atoms with van der Waals surface area (Å²) in [5, 5.41) is 0. The van der Waals surface area contributed by atoms with E-state index < -0.39 is 6.09 Å². The molecule has 36 heavy (non-hydrogen) atoms. The van der Waals surface area contributed by atoms with Crippen molar-refractivity contribution in [2.24, 2.45) is 0 Å². The Morgan fingerprint density at radius 1 is 0.972 bits per heavy atom. The first-order valence-electron chi connectivity index (χ1n) is 11.9. The standard InChI is InChI=1S/C29H30N2O5/c1-4-31(29(32)36-26-15-13-25(33-3)14-16-26)21(2)23-11-8-12-27(19-23)34-18-17-24-20-35-28(30-24)22-9-6-5-7-10-22/h5-16,19-21H,4,17-18H2,1-3H3/t21-/m0/s1. The number of amides is 1. The molecule has 0 aliphatic carbocycles. The van der Waals surface area contributed by atoms with Crippen LogP contribution in [0.1, 0.15) is 31.1 Å². The molecule has 0 fully saturated rings. The van der Waals surface area contributed by atoms with Gasteiger partial charge in [0.25, 0.3) is 0 Å². The van der Waals surface area contributed by atoms with Crippen molar-refractivity contribution in [1.29, 1.82) is 0 Å². The molecule has 4 aromatic rings. The van der Waals surface area contributed by atoms with Crippen LogP contribution in [0, 0.1) is 0 Å². The fraction of sp³-hybridized carbons (Fsp3) is 0.241. The molecule has 7 heteroatoms. The summed E-state index contributed by atoms with van der Waals surface area (Å²) >= 11 is 0. The van der Waals surface area contributed by atoms with Crippen LogP contribution in [0.25, 0.3) is 11.5 Å². The minimum Gasteiger partial charge on any atom is -0.497 e. The summed E-state index contributed by atoms with van der Waals surface area (Å²) in [5.41, 5.74) is 2.72. The molecular weight excluding hydrogens is 456 g/mol. The van der Waals surface area contributed by atoms with Crippen LogP contribution < -0.4 is 14.2 Å². The summed E-state index contributed by atoms with van der Waals surface area (Å²) in [6, 6.07) is 24.3. The second-order valence-corrected chi connectivity index (χ2v) is 8.19. The smallest absolute Gasteiger partial charge is 0.415 e. The van der Waals surface area contributed by atoms with Crippen LogP contribution in [-0.2, 0) is 6.42 Å². The predicted molar refractivity (Wildman–Crippen MR) is 137 cm³/mol. The van der Waals surface area contributed by atoms with E-state index in [1.54, 1.807) is 42.5 Å². The molecule has 3 aromatic carbocycles. The van der Waals surface area contributed by atoms with Crippen molar-refractivity contribution < 1.29 is 23.4 Å². The van der Waals surface area contributed by atoms with Crippen molar-refractivity contribution in [3.05, 3.63) is 96.4 Å². The van der Waals surface area contributed by atoms with Gasteiger partial charge >= 0.3 is 6.09 Å². The van der Waals surface area contributed by atoms with E-state index in [1.165, 1.54) is 0 Å². The molecule has 0 spiro atoms. The minimum atomic E-state index is -0.415. The molecule has 0 aliphatic heterocycles. The van der Waals surface area contributed by atoms with Crippen LogP contribution in [0.15, 0.2) is 89.5 Å². The SMILES string of the molecule is CCN(C(=O)Oc1ccc(OC)cc1)[C@@H](C)c1cccc(OCCc2coc(-c3ccccc3)n2)c1. The summed E-state index contributed by atoms with van der Waals surface area (Å²) in [5.74, 6) is 2.49. The Bertz CT molecular complexity index is 1250. The lowest BCUT2D eigenvalue weighted by atomic mass is 10.1. The maximum Gasteiger partial charge on any atom is 0.415 e. The number of aromatic nitrogens is 1. The molecule has 4 rings (SSSR count). The normalized spacial score (nSPS) is 11.5. The zero-order chi connectivity index (χ0) is 25.3. The van der Waals surface area contributed by atoms with Gasteiger partial charge < -0.3 is 23.5 Å². The summed E-state index contributed by atoms with van der Waals surface area (Å²) in [7, 11) is 1.59. The molecule has 1 amide bonds. The average molecular weight is 487 g/mol. The van der Waals surface area contributed by atoms with Gasteiger partial charge in [-0.05, 0) is 67.9 Å². The molecule has 0 radical (unpaired) electrons. The Hall–Kier alpha value is -4.26. The van der Waals surface area contributed by atoms with E-state index >= 15 is 0 Å². The summed E-state index contributed by atoms with van der Waals surface area (Å²) < 4.78 is 22.3. The molecule has 1 atom stereocenters. The number of ether oxygens (including phenoxy) is 3. The van der Waals surface area contributed by atoms with E-state index in [2.05, 4.69) is 4.98 Å². The number of benzene rings is 3. The topological polar surface area (TPSA) is 74.0 Å². The van der Waals surface area contributed by atoms with E-state index in [9.17, 15) is 4.79 Å².